The minimum atomic E-state index is -1.12. The summed E-state index contributed by atoms with van der Waals surface area (Å²) in [7, 11) is 0. The van der Waals surface area contributed by atoms with E-state index in [-0.39, 0.29) is 25.0 Å². The molecule has 31 heavy (non-hydrogen) atoms. The van der Waals surface area contributed by atoms with Crippen LogP contribution in [0.25, 0.3) is 5.69 Å². The zero-order valence-corrected chi connectivity index (χ0v) is 17.4. The van der Waals surface area contributed by atoms with Gasteiger partial charge in [0.15, 0.2) is 18.6 Å². The Balaban J connectivity index is 1.50. The molecule has 162 valence electrons. The Kier molecular flexibility index (Phi) is 6.35. The summed E-state index contributed by atoms with van der Waals surface area (Å²) < 4.78 is 14.9. The predicted molar refractivity (Wildman–Crippen MR) is 109 cm³/mol. The third-order valence-corrected chi connectivity index (χ3v) is 4.96. The number of halogens is 3. The maximum Gasteiger partial charge on any atom is 0.323 e. The number of carbonyl (C=O) groups is 1. The Morgan fingerprint density at radius 1 is 1.16 bits per heavy atom. The highest BCUT2D eigenvalue weighted by Crippen LogP contribution is 2.30. The van der Waals surface area contributed by atoms with E-state index in [1.807, 2.05) is 0 Å². The summed E-state index contributed by atoms with van der Waals surface area (Å²) in [6, 6.07) is 9.71. The summed E-state index contributed by atoms with van der Waals surface area (Å²) in [6.45, 7) is -0.306. The number of carboxylic acid groups (broad SMARTS) is 1. The lowest BCUT2D eigenvalue weighted by molar-refractivity contribution is -0.282. The second-order valence-corrected chi connectivity index (χ2v) is 7.44. The van der Waals surface area contributed by atoms with Crippen molar-refractivity contribution in [3.05, 3.63) is 70.2 Å². The second-order valence-electron chi connectivity index (χ2n) is 6.62. The fraction of sp³-hybridized carbons (Fsp3) is 0.211. The molecule has 1 fully saturated rings. The number of hydroxylamine groups is 3. The van der Waals surface area contributed by atoms with Crippen LogP contribution >= 0.6 is 23.2 Å². The van der Waals surface area contributed by atoms with E-state index in [1.54, 1.807) is 24.3 Å². The van der Waals surface area contributed by atoms with Crippen molar-refractivity contribution in [1.29, 1.82) is 0 Å². The number of carboxylic acids is 1. The first-order valence-electron chi connectivity index (χ1n) is 9.06. The number of anilines is 1. The van der Waals surface area contributed by atoms with Crippen LogP contribution < -0.4 is 5.06 Å². The monoisotopic (exact) mass is 467 g/mol. The molecule has 1 saturated heterocycles. The van der Waals surface area contributed by atoms with Crippen molar-refractivity contribution in [1.82, 2.24) is 20.1 Å². The lowest BCUT2D eigenvalue weighted by Crippen LogP contribution is -2.51. The third kappa shape index (κ3) is 4.94. The molecule has 2 aromatic carbocycles. The molecule has 1 aliphatic rings. The summed E-state index contributed by atoms with van der Waals surface area (Å²) in [6.07, 6.45) is 1.56. The number of hydrogen-bond donors (Lipinski definition) is 1. The molecule has 9 nitrogen and oxygen atoms in total. The first kappa shape index (κ1) is 21.5. The summed E-state index contributed by atoms with van der Waals surface area (Å²) in [4.78, 5) is 23.2. The van der Waals surface area contributed by atoms with Crippen LogP contribution in [-0.4, -0.2) is 50.6 Å². The third-order valence-electron chi connectivity index (χ3n) is 4.55. The highest BCUT2D eigenvalue weighted by atomic mass is 35.5. The van der Waals surface area contributed by atoms with Crippen molar-refractivity contribution in [3.63, 3.8) is 0 Å². The average molecular weight is 468 g/mol. The standard InChI is InChI=1S/C19H16Cl2FN5O4/c20-13-4-5-15(25-9-18(21)23-24-25)16(8-13)26-10-31-27(11-30-26)17(19(28)29)7-12-2-1-3-14(22)6-12/h1-6,8-9,17H,7,10-11H2,(H,28,29). The largest absolute Gasteiger partial charge is 0.480 e. The van der Waals surface area contributed by atoms with Gasteiger partial charge in [-0.1, -0.05) is 40.5 Å². The van der Waals surface area contributed by atoms with E-state index in [9.17, 15) is 14.3 Å². The molecule has 0 spiro atoms. The lowest BCUT2D eigenvalue weighted by atomic mass is 10.1. The Hall–Kier alpha value is -2.76. The van der Waals surface area contributed by atoms with Crippen molar-refractivity contribution in [2.24, 2.45) is 0 Å². The molecular formula is C19H16Cl2FN5O4. The Labute approximate surface area is 186 Å². The van der Waals surface area contributed by atoms with Crippen LogP contribution in [0, 0.1) is 5.82 Å². The molecule has 1 unspecified atom stereocenters. The van der Waals surface area contributed by atoms with Crippen LogP contribution in [0.3, 0.4) is 0 Å². The number of nitrogens with zero attached hydrogens (tertiary/aromatic N) is 5. The van der Waals surface area contributed by atoms with Gasteiger partial charge in [-0.3, -0.25) is 14.5 Å². The van der Waals surface area contributed by atoms with Gasteiger partial charge in [0.05, 0.1) is 17.6 Å². The Morgan fingerprint density at radius 2 is 2.00 bits per heavy atom. The van der Waals surface area contributed by atoms with Crippen LogP contribution in [0.1, 0.15) is 5.56 Å². The minimum Gasteiger partial charge on any atom is -0.480 e. The van der Waals surface area contributed by atoms with Crippen LogP contribution in [0.4, 0.5) is 10.1 Å². The maximum atomic E-state index is 13.5. The van der Waals surface area contributed by atoms with Gasteiger partial charge >= 0.3 is 5.97 Å². The number of hydrogen-bond acceptors (Lipinski definition) is 7. The van der Waals surface area contributed by atoms with Gasteiger partial charge in [-0.15, -0.1) is 10.2 Å². The van der Waals surface area contributed by atoms with E-state index in [4.69, 9.17) is 32.9 Å². The first-order valence-corrected chi connectivity index (χ1v) is 9.81. The number of benzene rings is 2. The van der Waals surface area contributed by atoms with Gasteiger partial charge in [-0.05, 0) is 35.9 Å². The average Bonchev–Trinajstić information content (AvgIpc) is 3.18. The second kappa shape index (κ2) is 9.16. The van der Waals surface area contributed by atoms with Crippen LogP contribution in [0.15, 0.2) is 48.7 Å². The summed E-state index contributed by atoms with van der Waals surface area (Å²) in [5.41, 5.74) is 1.62. The molecule has 1 N–H and O–H groups in total. The Morgan fingerprint density at radius 3 is 2.65 bits per heavy atom. The molecule has 1 atom stereocenters. The molecule has 3 aromatic rings. The maximum absolute atomic E-state index is 13.5. The lowest BCUT2D eigenvalue weighted by Gasteiger charge is -2.37. The predicted octanol–water partition coefficient (Wildman–Crippen LogP) is 3.31. The molecule has 4 rings (SSSR count). The molecule has 0 amide bonds. The van der Waals surface area contributed by atoms with Crippen molar-refractivity contribution in [2.75, 3.05) is 18.5 Å². The van der Waals surface area contributed by atoms with E-state index in [1.165, 1.54) is 39.2 Å². The number of aromatic nitrogens is 3. The fourth-order valence-electron chi connectivity index (χ4n) is 3.10. The quantitative estimate of drug-likeness (QED) is 0.589. The van der Waals surface area contributed by atoms with E-state index in [0.717, 1.165) is 0 Å². The smallest absolute Gasteiger partial charge is 0.323 e. The van der Waals surface area contributed by atoms with Crippen molar-refractivity contribution >= 4 is 34.9 Å². The molecule has 12 heteroatoms. The van der Waals surface area contributed by atoms with Gasteiger partial charge in [0.25, 0.3) is 0 Å². The molecule has 0 saturated carbocycles. The van der Waals surface area contributed by atoms with E-state index < -0.39 is 17.8 Å². The Bertz CT molecular complexity index is 1090. The van der Waals surface area contributed by atoms with Crippen LogP contribution in [0.2, 0.25) is 10.2 Å². The molecule has 0 bridgehead atoms. The van der Waals surface area contributed by atoms with E-state index in [0.29, 0.717) is 22.0 Å². The minimum absolute atomic E-state index is 0.0380. The number of rotatable bonds is 6. The summed E-state index contributed by atoms with van der Waals surface area (Å²) >= 11 is 12.0. The highest BCUT2D eigenvalue weighted by molar-refractivity contribution is 6.31. The highest BCUT2D eigenvalue weighted by Gasteiger charge is 2.32. The van der Waals surface area contributed by atoms with Crippen molar-refractivity contribution < 1.29 is 24.0 Å². The summed E-state index contributed by atoms with van der Waals surface area (Å²) in [5.74, 6) is -1.56. The van der Waals surface area contributed by atoms with Gasteiger partial charge in [0, 0.05) is 11.4 Å². The normalized spacial score (nSPS) is 15.8. The van der Waals surface area contributed by atoms with Gasteiger partial charge < -0.3 is 5.11 Å². The van der Waals surface area contributed by atoms with Gasteiger partial charge in [-0.2, -0.15) is 0 Å². The van der Waals surface area contributed by atoms with Crippen LogP contribution in [0.5, 0.6) is 0 Å². The zero-order valence-electron chi connectivity index (χ0n) is 15.9. The fourth-order valence-corrected chi connectivity index (χ4v) is 3.39. The van der Waals surface area contributed by atoms with Crippen molar-refractivity contribution in [3.8, 4) is 5.69 Å². The molecular weight excluding hydrogens is 452 g/mol. The van der Waals surface area contributed by atoms with Gasteiger partial charge in [-0.25, -0.2) is 14.1 Å². The molecule has 1 aromatic heterocycles. The molecule has 0 aliphatic carbocycles. The van der Waals surface area contributed by atoms with E-state index >= 15 is 0 Å². The molecule has 2 heterocycles. The topological polar surface area (TPSA) is 93.0 Å². The van der Waals surface area contributed by atoms with E-state index in [2.05, 4.69) is 10.3 Å². The van der Waals surface area contributed by atoms with Crippen LogP contribution in [-0.2, 0) is 20.9 Å². The molecule has 0 radical (unpaired) electrons. The molecule has 1 aliphatic heterocycles. The van der Waals surface area contributed by atoms with Gasteiger partial charge in [0.2, 0.25) is 0 Å². The van der Waals surface area contributed by atoms with Crippen molar-refractivity contribution in [2.45, 2.75) is 12.5 Å². The zero-order chi connectivity index (χ0) is 22.0. The summed E-state index contributed by atoms with van der Waals surface area (Å²) in [5, 5.41) is 20.6. The first-order chi connectivity index (χ1) is 14.9. The number of aliphatic carboxylic acids is 1. The van der Waals surface area contributed by atoms with Gasteiger partial charge in [0.1, 0.15) is 11.9 Å². The SMILES string of the molecule is O=C(O)C(Cc1cccc(F)c1)N1CON(c2cc(Cl)ccc2-n2cc(Cl)nn2)CO1.